The minimum atomic E-state index is -0.333. The van der Waals surface area contributed by atoms with Crippen LogP contribution in [0.3, 0.4) is 0 Å². The number of methoxy groups -OCH3 is 1. The number of fused-ring (bicyclic) bond motifs is 1. The molecule has 154 valence electrons. The van der Waals surface area contributed by atoms with E-state index in [2.05, 4.69) is 24.5 Å². The molecule has 0 radical (unpaired) electrons. The zero-order valence-corrected chi connectivity index (χ0v) is 18.2. The number of rotatable bonds is 4. The van der Waals surface area contributed by atoms with Gasteiger partial charge in [0.05, 0.1) is 13.2 Å². The first kappa shape index (κ1) is 20.9. The first-order valence-corrected chi connectivity index (χ1v) is 9.85. The van der Waals surface area contributed by atoms with E-state index in [1.54, 1.807) is 38.2 Å². The van der Waals surface area contributed by atoms with E-state index in [4.69, 9.17) is 21.7 Å². The lowest BCUT2D eigenvalue weighted by Crippen LogP contribution is -2.42. The van der Waals surface area contributed by atoms with Gasteiger partial charge in [0.25, 0.3) is 5.91 Å². The summed E-state index contributed by atoms with van der Waals surface area (Å²) in [7, 11) is 5.11. The third-order valence-corrected chi connectivity index (χ3v) is 5.00. The van der Waals surface area contributed by atoms with Gasteiger partial charge in [0.1, 0.15) is 17.1 Å². The largest absolute Gasteiger partial charge is 0.497 e. The molecule has 0 bridgehead atoms. The maximum absolute atomic E-state index is 12.0. The maximum Gasteiger partial charge on any atom is 0.253 e. The number of hydrogen-bond donors (Lipinski definition) is 2. The zero-order valence-electron chi connectivity index (χ0n) is 17.4. The zero-order chi connectivity index (χ0) is 21.2. The van der Waals surface area contributed by atoms with Gasteiger partial charge < -0.3 is 25.0 Å². The molecule has 1 aliphatic rings. The molecule has 1 atom stereocenters. The molecule has 2 N–H and O–H groups in total. The monoisotopic (exact) mass is 413 g/mol. The fourth-order valence-electron chi connectivity index (χ4n) is 3.37. The Morgan fingerprint density at radius 1 is 1.21 bits per heavy atom. The molecule has 0 aliphatic carbocycles. The maximum atomic E-state index is 12.0. The van der Waals surface area contributed by atoms with Gasteiger partial charge in [-0.25, -0.2) is 0 Å². The van der Waals surface area contributed by atoms with Crippen LogP contribution in [-0.2, 0) is 0 Å². The quantitative estimate of drug-likeness (QED) is 0.739. The molecule has 2 aromatic rings. The van der Waals surface area contributed by atoms with Crippen molar-refractivity contribution in [3.05, 3.63) is 53.6 Å². The SMILES string of the molecule is COc1ccc2c(c1)OC(C)(C)C[C@@H]2NC(=S)Nc1ccc(C(=O)N(C)C)cc1. The van der Waals surface area contributed by atoms with Crippen molar-refractivity contribution in [2.24, 2.45) is 0 Å². The van der Waals surface area contributed by atoms with Crippen molar-refractivity contribution in [1.29, 1.82) is 0 Å². The van der Waals surface area contributed by atoms with Gasteiger partial charge in [-0.1, -0.05) is 0 Å². The molecule has 6 nitrogen and oxygen atoms in total. The fraction of sp³-hybridized carbons (Fsp3) is 0.364. The van der Waals surface area contributed by atoms with Crippen molar-refractivity contribution in [3.8, 4) is 11.5 Å². The van der Waals surface area contributed by atoms with Gasteiger partial charge in [0.2, 0.25) is 0 Å². The normalized spacial score (nSPS) is 16.8. The molecule has 1 aliphatic heterocycles. The Morgan fingerprint density at radius 2 is 1.90 bits per heavy atom. The Kier molecular flexibility index (Phi) is 5.98. The first-order valence-electron chi connectivity index (χ1n) is 9.45. The summed E-state index contributed by atoms with van der Waals surface area (Å²) in [6, 6.07) is 13.1. The number of benzene rings is 2. The Bertz CT molecular complexity index is 910. The Labute approximate surface area is 177 Å². The molecule has 29 heavy (non-hydrogen) atoms. The number of nitrogens with one attached hydrogen (secondary N) is 2. The van der Waals surface area contributed by atoms with Crippen LogP contribution in [0.25, 0.3) is 0 Å². The molecule has 0 saturated heterocycles. The summed E-state index contributed by atoms with van der Waals surface area (Å²) < 4.78 is 11.4. The second-order valence-electron chi connectivity index (χ2n) is 7.90. The Hall–Kier alpha value is -2.80. The van der Waals surface area contributed by atoms with E-state index in [0.29, 0.717) is 10.7 Å². The molecular weight excluding hydrogens is 386 g/mol. The number of hydrogen-bond acceptors (Lipinski definition) is 4. The van der Waals surface area contributed by atoms with Crippen molar-refractivity contribution in [2.45, 2.75) is 31.9 Å². The van der Waals surface area contributed by atoms with E-state index in [1.807, 2.05) is 30.3 Å². The van der Waals surface area contributed by atoms with Crippen molar-refractivity contribution in [1.82, 2.24) is 10.2 Å². The first-order chi connectivity index (χ1) is 13.7. The third kappa shape index (κ3) is 4.98. The highest BCUT2D eigenvalue weighted by Crippen LogP contribution is 2.41. The van der Waals surface area contributed by atoms with Crippen molar-refractivity contribution < 1.29 is 14.3 Å². The molecule has 1 amide bonds. The number of nitrogens with zero attached hydrogens (tertiary/aromatic N) is 1. The average molecular weight is 414 g/mol. The van der Waals surface area contributed by atoms with Crippen molar-refractivity contribution >= 4 is 28.9 Å². The van der Waals surface area contributed by atoms with E-state index in [-0.39, 0.29) is 17.6 Å². The molecule has 0 aromatic heterocycles. The summed E-state index contributed by atoms with van der Waals surface area (Å²) in [5.74, 6) is 1.52. The van der Waals surface area contributed by atoms with Crippen LogP contribution in [0.5, 0.6) is 11.5 Å². The Balaban J connectivity index is 1.71. The molecule has 7 heteroatoms. The highest BCUT2D eigenvalue weighted by Gasteiger charge is 2.34. The van der Waals surface area contributed by atoms with Gasteiger partial charge in [0, 0.05) is 43.4 Å². The van der Waals surface area contributed by atoms with E-state index in [0.717, 1.165) is 29.2 Å². The van der Waals surface area contributed by atoms with Crippen LogP contribution in [-0.4, -0.2) is 42.7 Å². The average Bonchev–Trinajstić information content (AvgIpc) is 2.66. The van der Waals surface area contributed by atoms with E-state index in [1.165, 1.54) is 0 Å². The summed E-state index contributed by atoms with van der Waals surface area (Å²) in [5.41, 5.74) is 2.16. The number of anilines is 1. The summed E-state index contributed by atoms with van der Waals surface area (Å²) in [6.45, 7) is 4.11. The number of amides is 1. The van der Waals surface area contributed by atoms with Crippen LogP contribution in [0.2, 0.25) is 0 Å². The van der Waals surface area contributed by atoms with E-state index >= 15 is 0 Å². The molecule has 2 aromatic carbocycles. The Morgan fingerprint density at radius 3 is 2.52 bits per heavy atom. The lowest BCUT2D eigenvalue weighted by atomic mass is 9.89. The topological polar surface area (TPSA) is 62.8 Å². The standard InChI is InChI=1S/C22H27N3O3S/c1-22(2)13-18(17-11-10-16(27-5)12-19(17)28-22)24-21(29)23-15-8-6-14(7-9-15)20(26)25(3)4/h6-12,18H,13H2,1-5H3,(H2,23,24,29)/t18-/m0/s1. The van der Waals surface area contributed by atoms with Gasteiger partial charge in [-0.15, -0.1) is 0 Å². The predicted molar refractivity (Wildman–Crippen MR) is 119 cm³/mol. The number of thiocarbonyl (C=S) groups is 1. The predicted octanol–water partition coefficient (Wildman–Crippen LogP) is 3.99. The van der Waals surface area contributed by atoms with E-state index in [9.17, 15) is 4.79 Å². The summed E-state index contributed by atoms with van der Waals surface area (Å²) in [4.78, 5) is 13.6. The van der Waals surface area contributed by atoms with Crippen LogP contribution < -0.4 is 20.1 Å². The summed E-state index contributed by atoms with van der Waals surface area (Å²) >= 11 is 5.53. The minimum Gasteiger partial charge on any atom is -0.497 e. The molecule has 3 rings (SSSR count). The lowest BCUT2D eigenvalue weighted by Gasteiger charge is -2.38. The molecular formula is C22H27N3O3S. The summed E-state index contributed by atoms with van der Waals surface area (Å²) in [6.07, 6.45) is 0.768. The van der Waals surface area contributed by atoms with Crippen LogP contribution in [0.4, 0.5) is 5.69 Å². The van der Waals surface area contributed by atoms with Gasteiger partial charge in [-0.3, -0.25) is 4.79 Å². The molecule has 0 unspecified atom stereocenters. The van der Waals surface area contributed by atoms with Gasteiger partial charge >= 0.3 is 0 Å². The molecule has 1 heterocycles. The smallest absolute Gasteiger partial charge is 0.253 e. The number of ether oxygens (including phenoxy) is 2. The van der Waals surface area contributed by atoms with Gasteiger partial charge in [0.15, 0.2) is 5.11 Å². The molecule has 0 saturated carbocycles. The minimum absolute atomic E-state index is 0.00856. The van der Waals surface area contributed by atoms with Crippen LogP contribution in [0, 0.1) is 0 Å². The van der Waals surface area contributed by atoms with E-state index < -0.39 is 0 Å². The van der Waals surface area contributed by atoms with Crippen LogP contribution >= 0.6 is 12.2 Å². The second-order valence-corrected chi connectivity index (χ2v) is 8.31. The van der Waals surface area contributed by atoms with Gasteiger partial charge in [-0.2, -0.15) is 0 Å². The van der Waals surface area contributed by atoms with Crippen molar-refractivity contribution in [3.63, 3.8) is 0 Å². The highest BCUT2D eigenvalue weighted by molar-refractivity contribution is 7.80. The number of carbonyl (C=O) groups is 1. The lowest BCUT2D eigenvalue weighted by molar-refractivity contribution is 0.0693. The molecule has 0 fully saturated rings. The van der Waals surface area contributed by atoms with Gasteiger partial charge in [-0.05, 0) is 62.5 Å². The fourth-order valence-corrected chi connectivity index (χ4v) is 3.63. The summed E-state index contributed by atoms with van der Waals surface area (Å²) in [5, 5.41) is 7.11. The highest BCUT2D eigenvalue weighted by atomic mass is 32.1. The van der Waals surface area contributed by atoms with Crippen molar-refractivity contribution in [2.75, 3.05) is 26.5 Å². The third-order valence-electron chi connectivity index (χ3n) is 4.78. The number of carbonyl (C=O) groups excluding carboxylic acids is 1. The van der Waals surface area contributed by atoms with Crippen LogP contribution in [0.15, 0.2) is 42.5 Å². The van der Waals surface area contributed by atoms with Crippen LogP contribution in [0.1, 0.15) is 42.2 Å². The second kappa shape index (κ2) is 8.29. The molecule has 0 spiro atoms.